The third-order valence-corrected chi connectivity index (χ3v) is 1.69. The zero-order valence-corrected chi connectivity index (χ0v) is 6.10. The smallest absolute Gasteiger partial charge is 0.321 e. The van der Waals surface area contributed by atoms with Crippen LogP contribution in [0.4, 0.5) is 0 Å². The normalized spacial score (nSPS) is 20.1. The summed E-state index contributed by atoms with van der Waals surface area (Å²) >= 11 is 0. The Bertz CT molecular complexity index is 196. The minimum atomic E-state index is -0.953. The van der Waals surface area contributed by atoms with Crippen molar-refractivity contribution in [2.75, 3.05) is 0 Å². The molecule has 3 nitrogen and oxygen atoms in total. The van der Waals surface area contributed by atoms with E-state index in [0.717, 1.165) is 6.42 Å². The van der Waals surface area contributed by atoms with E-state index in [1.807, 2.05) is 24.3 Å². The lowest BCUT2D eigenvalue weighted by atomic mass is 9.96. The highest BCUT2D eigenvalue weighted by Crippen LogP contribution is 2.12. The van der Waals surface area contributed by atoms with Crippen LogP contribution < -0.4 is 5.73 Å². The Morgan fingerprint density at radius 2 is 2.09 bits per heavy atom. The van der Waals surface area contributed by atoms with Crippen LogP contribution in [0.5, 0.6) is 0 Å². The fraction of sp³-hybridized carbons (Fsp3) is 0.375. The fourth-order valence-corrected chi connectivity index (χ4v) is 1.02. The molecule has 0 amide bonds. The molecule has 60 valence electrons. The lowest BCUT2D eigenvalue weighted by Gasteiger charge is -2.14. The van der Waals surface area contributed by atoms with Gasteiger partial charge in [-0.25, -0.2) is 0 Å². The molecule has 0 aromatic heterocycles. The van der Waals surface area contributed by atoms with Crippen LogP contribution in [-0.2, 0) is 4.79 Å². The lowest BCUT2D eigenvalue weighted by molar-refractivity contribution is -0.139. The highest BCUT2D eigenvalue weighted by molar-refractivity contribution is 5.74. The maximum absolute atomic E-state index is 10.4. The van der Waals surface area contributed by atoms with Gasteiger partial charge in [0.2, 0.25) is 0 Å². The van der Waals surface area contributed by atoms with Crippen molar-refractivity contribution >= 4 is 5.97 Å². The Morgan fingerprint density at radius 1 is 1.55 bits per heavy atom. The van der Waals surface area contributed by atoms with Gasteiger partial charge in [0.1, 0.15) is 6.04 Å². The predicted octanol–water partition coefficient (Wildman–Crippen LogP) is 0.531. The van der Waals surface area contributed by atoms with Gasteiger partial charge in [-0.2, -0.15) is 0 Å². The summed E-state index contributed by atoms with van der Waals surface area (Å²) < 4.78 is 0. The van der Waals surface area contributed by atoms with Gasteiger partial charge in [0.25, 0.3) is 0 Å². The molecule has 0 fully saturated rings. The summed E-state index contributed by atoms with van der Waals surface area (Å²) in [5, 5.41) is 8.54. The maximum atomic E-state index is 10.4. The van der Waals surface area contributed by atoms with Gasteiger partial charge in [0.15, 0.2) is 0 Å². The topological polar surface area (TPSA) is 63.3 Å². The second-order valence-electron chi connectivity index (χ2n) is 2.53. The molecule has 0 heterocycles. The predicted molar refractivity (Wildman–Crippen MR) is 42.0 cm³/mol. The van der Waals surface area contributed by atoms with Crippen molar-refractivity contribution in [3.63, 3.8) is 0 Å². The Hall–Kier alpha value is -1.09. The molecular formula is C8H11NO2. The van der Waals surface area contributed by atoms with Crippen LogP contribution in [0.25, 0.3) is 0 Å². The molecule has 0 bridgehead atoms. The van der Waals surface area contributed by atoms with Crippen LogP contribution >= 0.6 is 0 Å². The Morgan fingerprint density at radius 3 is 2.55 bits per heavy atom. The summed E-state index contributed by atoms with van der Waals surface area (Å²) in [7, 11) is 0. The van der Waals surface area contributed by atoms with E-state index >= 15 is 0 Å². The molecule has 0 aliphatic heterocycles. The number of carbonyl (C=O) groups is 1. The molecule has 0 saturated heterocycles. The molecule has 11 heavy (non-hydrogen) atoms. The minimum absolute atomic E-state index is 0.138. The average Bonchev–Trinajstić information content (AvgIpc) is 2.05. The second-order valence-corrected chi connectivity index (χ2v) is 2.53. The molecule has 0 aromatic carbocycles. The van der Waals surface area contributed by atoms with Crippen molar-refractivity contribution in [2.45, 2.75) is 12.5 Å². The number of carboxylic acids is 1. The standard InChI is InChI=1S/C8H11NO2/c9-7(8(10)11)6-4-2-1-3-5-6/h2-7H,1,9H2,(H,10,11). The minimum Gasteiger partial charge on any atom is -0.480 e. The number of aliphatic carboxylic acids is 1. The molecule has 0 aromatic rings. The van der Waals surface area contributed by atoms with Gasteiger partial charge in [0, 0.05) is 5.92 Å². The van der Waals surface area contributed by atoms with Crippen molar-refractivity contribution in [2.24, 2.45) is 11.7 Å². The molecule has 0 spiro atoms. The summed E-state index contributed by atoms with van der Waals surface area (Å²) in [6.45, 7) is 0. The highest BCUT2D eigenvalue weighted by atomic mass is 16.4. The summed E-state index contributed by atoms with van der Waals surface area (Å²) in [6.07, 6.45) is 8.39. The maximum Gasteiger partial charge on any atom is 0.321 e. The van der Waals surface area contributed by atoms with E-state index in [1.165, 1.54) is 0 Å². The summed E-state index contributed by atoms with van der Waals surface area (Å²) in [4.78, 5) is 10.4. The first-order valence-corrected chi connectivity index (χ1v) is 3.53. The largest absolute Gasteiger partial charge is 0.480 e. The zero-order chi connectivity index (χ0) is 8.27. The molecule has 3 N–H and O–H groups in total. The van der Waals surface area contributed by atoms with E-state index < -0.39 is 12.0 Å². The van der Waals surface area contributed by atoms with E-state index in [1.54, 1.807) is 0 Å². The van der Waals surface area contributed by atoms with Gasteiger partial charge in [0.05, 0.1) is 0 Å². The van der Waals surface area contributed by atoms with Crippen LogP contribution in [-0.4, -0.2) is 17.1 Å². The zero-order valence-electron chi connectivity index (χ0n) is 6.10. The molecule has 1 unspecified atom stereocenters. The number of nitrogens with two attached hydrogens (primary N) is 1. The van der Waals surface area contributed by atoms with Crippen LogP contribution in [0.1, 0.15) is 6.42 Å². The highest BCUT2D eigenvalue weighted by Gasteiger charge is 2.19. The molecule has 1 atom stereocenters. The third kappa shape index (κ3) is 1.91. The lowest BCUT2D eigenvalue weighted by Crippen LogP contribution is -2.36. The third-order valence-electron chi connectivity index (χ3n) is 1.69. The van der Waals surface area contributed by atoms with Gasteiger partial charge >= 0.3 is 5.97 Å². The first-order valence-electron chi connectivity index (χ1n) is 3.53. The van der Waals surface area contributed by atoms with E-state index in [2.05, 4.69) is 0 Å². The number of allylic oxidation sites excluding steroid dienone is 2. The van der Waals surface area contributed by atoms with Crippen molar-refractivity contribution in [1.29, 1.82) is 0 Å². The van der Waals surface area contributed by atoms with Crippen LogP contribution in [0.3, 0.4) is 0 Å². The van der Waals surface area contributed by atoms with Crippen LogP contribution in [0, 0.1) is 5.92 Å². The molecule has 1 aliphatic rings. The number of rotatable bonds is 2. The number of hydrogen-bond donors (Lipinski definition) is 2. The van der Waals surface area contributed by atoms with Crippen molar-refractivity contribution < 1.29 is 9.90 Å². The first kappa shape index (κ1) is 8.01. The van der Waals surface area contributed by atoms with Crippen molar-refractivity contribution in [3.8, 4) is 0 Å². The quantitative estimate of drug-likeness (QED) is 0.569. The van der Waals surface area contributed by atoms with Gasteiger partial charge in [-0.05, 0) is 6.42 Å². The molecule has 0 radical (unpaired) electrons. The summed E-state index contributed by atoms with van der Waals surface area (Å²) in [5.74, 6) is -1.09. The second kappa shape index (κ2) is 3.34. The van der Waals surface area contributed by atoms with E-state index in [4.69, 9.17) is 10.8 Å². The average molecular weight is 153 g/mol. The molecule has 3 heteroatoms. The van der Waals surface area contributed by atoms with Gasteiger partial charge in [-0.3, -0.25) is 4.79 Å². The molecular weight excluding hydrogens is 142 g/mol. The van der Waals surface area contributed by atoms with E-state index in [0.29, 0.717) is 0 Å². The number of carboxylic acid groups (broad SMARTS) is 1. The SMILES string of the molecule is NC(C(=O)O)C1C=CCC=C1. The van der Waals surface area contributed by atoms with E-state index in [9.17, 15) is 4.79 Å². The molecule has 0 saturated carbocycles. The molecule has 1 rings (SSSR count). The van der Waals surface area contributed by atoms with Crippen LogP contribution in [0.2, 0.25) is 0 Å². The van der Waals surface area contributed by atoms with E-state index in [-0.39, 0.29) is 5.92 Å². The van der Waals surface area contributed by atoms with Gasteiger partial charge in [-0.1, -0.05) is 24.3 Å². The van der Waals surface area contributed by atoms with Gasteiger partial charge in [-0.15, -0.1) is 0 Å². The summed E-state index contributed by atoms with van der Waals surface area (Å²) in [5.41, 5.74) is 5.39. The monoisotopic (exact) mass is 153 g/mol. The Balaban J connectivity index is 2.59. The van der Waals surface area contributed by atoms with Crippen LogP contribution in [0.15, 0.2) is 24.3 Å². The summed E-state index contributed by atoms with van der Waals surface area (Å²) in [6, 6.07) is -0.803. The van der Waals surface area contributed by atoms with Crippen molar-refractivity contribution in [3.05, 3.63) is 24.3 Å². The fourth-order valence-electron chi connectivity index (χ4n) is 1.02. The van der Waals surface area contributed by atoms with Gasteiger partial charge < -0.3 is 10.8 Å². The Labute approximate surface area is 65.2 Å². The number of hydrogen-bond acceptors (Lipinski definition) is 2. The first-order chi connectivity index (χ1) is 5.22. The molecule has 1 aliphatic carbocycles. The Kier molecular flexibility index (Phi) is 2.44. The van der Waals surface area contributed by atoms with Crippen molar-refractivity contribution in [1.82, 2.24) is 0 Å².